The Morgan fingerprint density at radius 3 is 2.00 bits per heavy atom. The second-order valence-electron chi connectivity index (χ2n) is 6.32. The van der Waals surface area contributed by atoms with Gasteiger partial charge in [-0.05, 0) is 48.0 Å². The third-order valence-corrected chi connectivity index (χ3v) is 1.80. The molecule has 0 aliphatic heterocycles. The average molecular weight is 286 g/mol. The van der Waals surface area contributed by atoms with Gasteiger partial charge < -0.3 is 9.47 Å². The molecule has 0 aromatic rings. The lowest BCUT2D eigenvalue weighted by Gasteiger charge is -2.28. The molecule has 0 heterocycles. The monoisotopic (exact) mass is 286 g/mol. The molecule has 1 N–H and O–H groups in total. The van der Waals surface area contributed by atoms with E-state index in [0.29, 0.717) is 6.42 Å². The minimum atomic E-state index is -0.701. The number of hydrogen-bond acceptors (Lipinski definition) is 4. The van der Waals surface area contributed by atoms with Crippen LogP contribution in [0.2, 0.25) is 0 Å². The molecule has 0 bridgehead atoms. The van der Waals surface area contributed by atoms with Crippen molar-refractivity contribution >= 4 is 12.2 Å². The Morgan fingerprint density at radius 1 is 1.10 bits per heavy atom. The maximum absolute atomic E-state index is 12.0. The van der Waals surface area contributed by atoms with Crippen LogP contribution in [0.15, 0.2) is 12.7 Å². The van der Waals surface area contributed by atoms with E-state index in [1.807, 2.05) is 0 Å². The van der Waals surface area contributed by atoms with Crippen LogP contribution in [0.25, 0.3) is 0 Å². The Kier molecular flexibility index (Phi) is 6.55. The van der Waals surface area contributed by atoms with Crippen molar-refractivity contribution in [2.24, 2.45) is 0 Å². The molecule has 0 unspecified atom stereocenters. The van der Waals surface area contributed by atoms with Gasteiger partial charge in [0.2, 0.25) is 0 Å². The van der Waals surface area contributed by atoms with E-state index >= 15 is 0 Å². The van der Waals surface area contributed by atoms with Gasteiger partial charge in [-0.2, -0.15) is 0 Å². The average Bonchev–Trinajstić information content (AvgIpc) is 2.18. The van der Waals surface area contributed by atoms with Crippen LogP contribution in [0.5, 0.6) is 0 Å². The van der Waals surface area contributed by atoms with Crippen molar-refractivity contribution in [2.75, 3.05) is 6.54 Å². The van der Waals surface area contributed by atoms with Crippen molar-refractivity contribution in [2.45, 2.75) is 59.2 Å². The Balaban J connectivity index is 4.67. The Morgan fingerprint density at radius 2 is 1.60 bits per heavy atom. The quantitative estimate of drug-likeness (QED) is 0.639. The number of carbonyl (C=O) groups is 2. The van der Waals surface area contributed by atoms with Crippen molar-refractivity contribution in [3.63, 3.8) is 0 Å². The number of nitrogens with one attached hydrogen (secondary N) is 1. The first-order valence-corrected chi connectivity index (χ1v) is 6.55. The Hall–Kier alpha value is -1.72. The summed E-state index contributed by atoms with van der Waals surface area (Å²) in [7, 11) is 0. The van der Waals surface area contributed by atoms with Gasteiger partial charge >= 0.3 is 12.2 Å². The molecule has 0 aromatic carbocycles. The molecule has 0 aromatic heterocycles. The molecule has 6 nitrogen and oxygen atoms in total. The van der Waals surface area contributed by atoms with Crippen molar-refractivity contribution < 1.29 is 19.1 Å². The molecule has 20 heavy (non-hydrogen) atoms. The molecule has 0 saturated heterocycles. The summed E-state index contributed by atoms with van der Waals surface area (Å²) in [6.07, 6.45) is 0.834. The maximum Gasteiger partial charge on any atom is 0.429 e. The van der Waals surface area contributed by atoms with E-state index in [9.17, 15) is 9.59 Å². The summed E-state index contributed by atoms with van der Waals surface area (Å²) in [4.78, 5) is 23.7. The van der Waals surface area contributed by atoms with Crippen molar-refractivity contribution in [1.29, 1.82) is 0 Å². The Bertz CT molecular complexity index is 353. The van der Waals surface area contributed by atoms with E-state index in [4.69, 9.17) is 9.47 Å². The smallest absolute Gasteiger partial charge is 0.429 e. The zero-order valence-corrected chi connectivity index (χ0v) is 13.3. The van der Waals surface area contributed by atoms with Crippen molar-refractivity contribution in [1.82, 2.24) is 10.4 Å². The van der Waals surface area contributed by atoms with E-state index in [2.05, 4.69) is 12.0 Å². The summed E-state index contributed by atoms with van der Waals surface area (Å²) in [5, 5.41) is 1.08. The molecule has 116 valence electrons. The summed E-state index contributed by atoms with van der Waals surface area (Å²) >= 11 is 0. The van der Waals surface area contributed by atoms with Crippen LogP contribution in [0.1, 0.15) is 48.0 Å². The molecular weight excluding hydrogens is 260 g/mol. The normalized spacial score (nSPS) is 11.5. The second kappa shape index (κ2) is 7.17. The third kappa shape index (κ3) is 9.24. The van der Waals surface area contributed by atoms with Gasteiger partial charge in [0, 0.05) is 6.54 Å². The molecule has 0 aliphatic carbocycles. The van der Waals surface area contributed by atoms with Gasteiger partial charge in [0.15, 0.2) is 0 Å². The number of hydrazine groups is 1. The van der Waals surface area contributed by atoms with Crippen molar-refractivity contribution in [3.05, 3.63) is 12.7 Å². The number of carbonyl (C=O) groups excluding carboxylic acids is 2. The summed E-state index contributed by atoms with van der Waals surface area (Å²) in [6, 6.07) is 0. The van der Waals surface area contributed by atoms with Gasteiger partial charge in [0.25, 0.3) is 0 Å². The van der Waals surface area contributed by atoms with Gasteiger partial charge in [-0.1, -0.05) is 6.08 Å². The molecule has 0 radical (unpaired) electrons. The molecule has 0 saturated carbocycles. The van der Waals surface area contributed by atoms with E-state index in [1.54, 1.807) is 47.6 Å². The summed E-state index contributed by atoms with van der Waals surface area (Å²) in [5.41, 5.74) is 1.10. The van der Waals surface area contributed by atoms with Gasteiger partial charge in [-0.15, -0.1) is 6.58 Å². The molecule has 0 spiro atoms. The van der Waals surface area contributed by atoms with E-state index < -0.39 is 23.4 Å². The fraction of sp³-hybridized carbons (Fsp3) is 0.714. The first-order chi connectivity index (χ1) is 8.94. The highest BCUT2D eigenvalue weighted by Crippen LogP contribution is 2.10. The van der Waals surface area contributed by atoms with Gasteiger partial charge in [-0.3, -0.25) is 0 Å². The predicted molar refractivity (Wildman–Crippen MR) is 77.1 cm³/mol. The SMILES string of the molecule is C=CCCN(NC(=O)OC(C)(C)C)C(=O)OC(C)(C)C. The lowest BCUT2D eigenvalue weighted by Crippen LogP contribution is -2.50. The third-order valence-electron chi connectivity index (χ3n) is 1.80. The fourth-order valence-corrected chi connectivity index (χ4v) is 1.14. The van der Waals surface area contributed by atoms with Crippen LogP contribution in [0, 0.1) is 0 Å². The van der Waals surface area contributed by atoms with Crippen LogP contribution in [-0.4, -0.2) is 34.9 Å². The van der Waals surface area contributed by atoms with Crippen LogP contribution < -0.4 is 5.43 Å². The molecular formula is C14H26N2O4. The highest BCUT2D eigenvalue weighted by molar-refractivity contribution is 5.74. The van der Waals surface area contributed by atoms with Crippen LogP contribution in [0.4, 0.5) is 9.59 Å². The van der Waals surface area contributed by atoms with Crippen LogP contribution in [-0.2, 0) is 9.47 Å². The Labute approximate surface area is 121 Å². The largest absolute Gasteiger partial charge is 0.443 e. The summed E-state index contributed by atoms with van der Waals surface area (Å²) in [6.45, 7) is 14.3. The second-order valence-corrected chi connectivity index (χ2v) is 6.32. The minimum Gasteiger partial charge on any atom is -0.443 e. The number of rotatable bonds is 3. The van der Waals surface area contributed by atoms with E-state index in [0.717, 1.165) is 5.01 Å². The lowest BCUT2D eigenvalue weighted by atomic mass is 10.2. The number of ether oxygens (including phenoxy) is 2. The minimum absolute atomic E-state index is 0.262. The van der Waals surface area contributed by atoms with Crippen LogP contribution >= 0.6 is 0 Å². The zero-order valence-electron chi connectivity index (χ0n) is 13.3. The lowest BCUT2D eigenvalue weighted by molar-refractivity contribution is 0.00178. The molecule has 0 rings (SSSR count). The molecule has 0 atom stereocenters. The predicted octanol–water partition coefficient (Wildman–Crippen LogP) is 3.24. The highest BCUT2D eigenvalue weighted by Gasteiger charge is 2.25. The van der Waals surface area contributed by atoms with Gasteiger partial charge in [0.1, 0.15) is 11.2 Å². The first kappa shape index (κ1) is 18.3. The topological polar surface area (TPSA) is 67.9 Å². The molecule has 0 aliphatic rings. The first-order valence-electron chi connectivity index (χ1n) is 6.55. The van der Waals surface area contributed by atoms with Gasteiger partial charge in [0.05, 0.1) is 0 Å². The van der Waals surface area contributed by atoms with Crippen molar-refractivity contribution in [3.8, 4) is 0 Å². The molecule has 0 fully saturated rings. The summed E-state index contributed by atoms with van der Waals surface area (Å²) in [5.74, 6) is 0. The number of amides is 2. The fourth-order valence-electron chi connectivity index (χ4n) is 1.14. The highest BCUT2D eigenvalue weighted by atomic mass is 16.6. The van der Waals surface area contributed by atoms with Gasteiger partial charge in [-0.25, -0.2) is 20.0 Å². The van der Waals surface area contributed by atoms with Crippen LogP contribution in [0.3, 0.4) is 0 Å². The molecule has 2 amide bonds. The summed E-state index contributed by atoms with van der Waals surface area (Å²) < 4.78 is 10.3. The number of nitrogens with zero attached hydrogens (tertiary/aromatic N) is 1. The standard InChI is InChI=1S/C14H26N2O4/c1-8-9-10-16(12(18)20-14(5,6)7)15-11(17)19-13(2,3)4/h8H,1,9-10H2,2-7H3,(H,15,17). The molecule has 6 heteroatoms. The van der Waals surface area contributed by atoms with E-state index in [1.165, 1.54) is 0 Å². The number of hydrogen-bond donors (Lipinski definition) is 1. The maximum atomic E-state index is 12.0. The van der Waals surface area contributed by atoms with E-state index in [-0.39, 0.29) is 6.54 Å². The zero-order chi connectivity index (χ0) is 16.0.